The van der Waals surface area contributed by atoms with Gasteiger partial charge in [-0.3, -0.25) is 0 Å². The number of azide groups is 1. The lowest BCUT2D eigenvalue weighted by Crippen LogP contribution is -2.36. The van der Waals surface area contributed by atoms with E-state index >= 15 is 0 Å². The number of nitrogens with zero attached hydrogens (tertiary/aromatic N) is 12. The van der Waals surface area contributed by atoms with Crippen molar-refractivity contribution in [2.45, 2.75) is 76.2 Å². The molecule has 0 aliphatic carbocycles. The van der Waals surface area contributed by atoms with Gasteiger partial charge in [-0.1, -0.05) is 32.8 Å². The molecule has 9 heterocycles. The summed E-state index contributed by atoms with van der Waals surface area (Å²) in [4.78, 5) is 14.0. The highest BCUT2D eigenvalue weighted by molar-refractivity contribution is 5.68. The van der Waals surface area contributed by atoms with Crippen molar-refractivity contribution in [1.82, 2.24) is 43.8 Å². The summed E-state index contributed by atoms with van der Waals surface area (Å²) in [6.45, 7) is 6.12. The second-order valence-electron chi connectivity index (χ2n) is 15.6. The second kappa shape index (κ2) is 17.6. The minimum atomic E-state index is -1.39. The highest BCUT2D eigenvalue weighted by Gasteiger charge is 2.52. The van der Waals surface area contributed by atoms with Crippen LogP contribution in [-0.2, 0) is 14.2 Å². The number of halogens is 4. The molecule has 63 heavy (non-hydrogen) atoms. The number of fused-ring (bicyclic) bond motifs is 3. The number of rotatable bonds is 7. The Kier molecular flexibility index (Phi) is 12.6. The molecule has 6 aromatic heterocycles. The molecule has 12 atom stereocenters. The van der Waals surface area contributed by atoms with E-state index in [1.54, 1.807) is 13.8 Å². The first-order valence-corrected chi connectivity index (χ1v) is 19.6. The first-order valence-electron chi connectivity index (χ1n) is 19.6. The topological polar surface area (TPSA) is 326 Å². The monoisotopic (exact) mass is 887 g/mol. The number of aliphatic hydroxyl groups excluding tert-OH is 4. The van der Waals surface area contributed by atoms with Gasteiger partial charge < -0.3 is 51.8 Å². The van der Waals surface area contributed by atoms with Crippen LogP contribution >= 0.6 is 0 Å². The summed E-state index contributed by atoms with van der Waals surface area (Å²) in [5.41, 5.74) is 25.4. The Balaban J connectivity index is 0.000000142. The fourth-order valence-electron chi connectivity index (χ4n) is 8.24. The van der Waals surface area contributed by atoms with Gasteiger partial charge in [0, 0.05) is 34.9 Å². The smallest absolute Gasteiger partial charge is 0.173 e. The standard InChI is InChI=1S/C13H16FN7O2.C12H14F2N4O2.C12H15FN4O3/c1-6-7(2)13(4-22,19-20-16)23-11(6)9-3-8(14)10-12(15)17-5-18-21(9)10;1-5-8(3-19)20-11(9(5)14)7-2-6(13)10-12(15)16-4-17-18(7)10;1-5-8(3-18)20-11(10(5)19)7-2-6(13)9-12(14)15-4-16-17(7)9/h3,5-7,11,22H,4H2,1-2H3,(H2,15,17,18);2,4-5,8-9,11,19H,3H2,1H3,(H2,15,16,17);2,4-5,8,10-11,18-19H,3H2,1H3,(H2,14,15,16)/t6-,7+,11-,13-;5-,8-,9+,11+;5-,8-,10+,11+/m111/s1. The van der Waals surface area contributed by atoms with Crippen LogP contribution in [0.3, 0.4) is 0 Å². The highest BCUT2D eigenvalue weighted by atomic mass is 19.1. The number of hydrogen-bond donors (Lipinski definition) is 7. The Hall–Kier alpha value is -5.99. The normalized spacial score (nSPS) is 30.3. The van der Waals surface area contributed by atoms with Crippen molar-refractivity contribution < 1.29 is 52.2 Å². The molecule has 10 N–H and O–H groups in total. The Bertz CT molecular complexity index is 2550. The lowest BCUT2D eigenvalue weighted by Gasteiger charge is -2.25. The minimum Gasteiger partial charge on any atom is -0.394 e. The van der Waals surface area contributed by atoms with Crippen LogP contribution in [0.15, 0.2) is 42.3 Å². The number of nitrogen functional groups attached to an aromatic ring is 3. The van der Waals surface area contributed by atoms with Crippen LogP contribution in [0.4, 0.5) is 35.0 Å². The molecule has 22 nitrogen and oxygen atoms in total. The molecule has 3 fully saturated rings. The van der Waals surface area contributed by atoms with E-state index in [0.717, 1.165) is 6.07 Å². The summed E-state index contributed by atoms with van der Waals surface area (Å²) in [7, 11) is 0. The van der Waals surface area contributed by atoms with Crippen molar-refractivity contribution in [3.8, 4) is 0 Å². The highest BCUT2D eigenvalue weighted by Crippen LogP contribution is 2.49. The van der Waals surface area contributed by atoms with E-state index in [1.165, 1.54) is 44.7 Å². The average molecular weight is 888 g/mol. The van der Waals surface area contributed by atoms with Gasteiger partial charge in [0.25, 0.3) is 0 Å². The Morgan fingerprint density at radius 1 is 0.698 bits per heavy atom. The number of nitrogens with two attached hydrogens (primary N) is 3. The fraction of sp³-hybridized carbons (Fsp3) is 0.514. The molecule has 6 aromatic rings. The van der Waals surface area contributed by atoms with Crippen LogP contribution in [0.2, 0.25) is 0 Å². The molecular formula is C37H45F4N15O7. The molecule has 0 amide bonds. The lowest BCUT2D eigenvalue weighted by atomic mass is 9.86. The molecule has 3 aliphatic rings. The molecule has 9 rings (SSSR count). The molecule has 0 bridgehead atoms. The van der Waals surface area contributed by atoms with E-state index in [1.807, 2.05) is 13.8 Å². The van der Waals surface area contributed by atoms with E-state index in [4.69, 9.17) is 42.0 Å². The summed E-state index contributed by atoms with van der Waals surface area (Å²) < 4.78 is 77.1. The van der Waals surface area contributed by atoms with Gasteiger partial charge in [0.1, 0.15) is 60.0 Å². The number of aliphatic hydroxyl groups is 4. The number of aromatic nitrogens is 9. The minimum absolute atomic E-state index is 0.00148. The molecule has 0 unspecified atom stereocenters. The summed E-state index contributed by atoms with van der Waals surface area (Å²) in [5, 5.41) is 53.7. The van der Waals surface area contributed by atoms with E-state index in [-0.39, 0.29) is 70.7 Å². The summed E-state index contributed by atoms with van der Waals surface area (Å²) >= 11 is 0. The van der Waals surface area contributed by atoms with Gasteiger partial charge >= 0.3 is 0 Å². The number of anilines is 3. The van der Waals surface area contributed by atoms with E-state index < -0.39 is 78.5 Å². The zero-order valence-electron chi connectivity index (χ0n) is 34.1. The molecule has 0 aromatic carbocycles. The predicted molar refractivity (Wildman–Crippen MR) is 212 cm³/mol. The van der Waals surface area contributed by atoms with Crippen LogP contribution in [0.1, 0.15) is 63.1 Å². The number of ether oxygens (including phenoxy) is 3. The van der Waals surface area contributed by atoms with E-state index in [2.05, 4.69) is 40.3 Å². The maximum absolute atomic E-state index is 14.3. The summed E-state index contributed by atoms with van der Waals surface area (Å²) in [5.74, 6) is -2.94. The number of alkyl halides is 1. The van der Waals surface area contributed by atoms with Crippen molar-refractivity contribution in [3.63, 3.8) is 0 Å². The quantitative estimate of drug-likeness (QED) is 0.0524. The van der Waals surface area contributed by atoms with Gasteiger partial charge in [0.2, 0.25) is 0 Å². The van der Waals surface area contributed by atoms with Crippen LogP contribution < -0.4 is 17.2 Å². The molecular weight excluding hydrogens is 842 g/mol. The van der Waals surface area contributed by atoms with Crippen molar-refractivity contribution in [1.29, 1.82) is 0 Å². The molecule has 0 saturated carbocycles. The molecule has 3 aliphatic heterocycles. The first kappa shape index (κ1) is 45.0. The predicted octanol–water partition coefficient (Wildman–Crippen LogP) is 2.53. The van der Waals surface area contributed by atoms with Crippen LogP contribution in [-0.4, -0.2) is 114 Å². The molecule has 338 valence electrons. The third-order valence-electron chi connectivity index (χ3n) is 12.1. The van der Waals surface area contributed by atoms with Crippen molar-refractivity contribution >= 4 is 34.0 Å². The summed E-state index contributed by atoms with van der Waals surface area (Å²) in [6.07, 6.45) is -2.12. The Morgan fingerprint density at radius 3 is 1.51 bits per heavy atom. The maximum Gasteiger partial charge on any atom is 0.173 e. The fourth-order valence-corrected chi connectivity index (χ4v) is 8.24. The van der Waals surface area contributed by atoms with Gasteiger partial charge in [0.05, 0.1) is 55.2 Å². The maximum atomic E-state index is 14.3. The van der Waals surface area contributed by atoms with Crippen LogP contribution in [0.25, 0.3) is 27.0 Å². The Morgan fingerprint density at radius 2 is 1.11 bits per heavy atom. The van der Waals surface area contributed by atoms with Crippen LogP contribution in [0, 0.1) is 41.1 Å². The van der Waals surface area contributed by atoms with Gasteiger partial charge in [-0.15, -0.1) is 0 Å². The molecule has 0 radical (unpaired) electrons. The molecule has 26 heteroatoms. The van der Waals surface area contributed by atoms with E-state index in [9.17, 15) is 32.9 Å². The third-order valence-corrected chi connectivity index (χ3v) is 12.1. The zero-order chi connectivity index (χ0) is 45.7. The lowest BCUT2D eigenvalue weighted by molar-refractivity contribution is -0.0866. The molecule has 0 spiro atoms. The van der Waals surface area contributed by atoms with Crippen molar-refractivity contribution in [2.75, 3.05) is 37.0 Å². The van der Waals surface area contributed by atoms with Crippen LogP contribution in [0.5, 0.6) is 0 Å². The molecule has 3 saturated heterocycles. The average Bonchev–Trinajstić information content (AvgIpc) is 4.08. The number of hydrogen-bond acceptors (Lipinski definition) is 17. The van der Waals surface area contributed by atoms with Crippen molar-refractivity contribution in [2.24, 2.45) is 28.8 Å². The van der Waals surface area contributed by atoms with Crippen molar-refractivity contribution in [3.05, 3.63) is 82.2 Å². The van der Waals surface area contributed by atoms with Gasteiger partial charge in [-0.05, 0) is 17.4 Å². The summed E-state index contributed by atoms with van der Waals surface area (Å²) in [6, 6.07) is 3.64. The van der Waals surface area contributed by atoms with E-state index in [0.29, 0.717) is 11.4 Å². The largest absolute Gasteiger partial charge is 0.394 e. The first-order chi connectivity index (χ1) is 30.0. The van der Waals surface area contributed by atoms with Gasteiger partial charge in [-0.25, -0.2) is 46.1 Å². The zero-order valence-corrected chi connectivity index (χ0v) is 34.1. The second-order valence-corrected chi connectivity index (χ2v) is 15.6. The SMILES string of the molecule is C[C@H]1[C@H](F)[C@H](c2cc(F)c3c(N)ncnn23)O[C@@H]1CO.C[C@H]1[C@H](O)[C@H](c2cc(F)c3c(N)ncnn23)O[C@@H]1CO.C[C@H]1[C@H](c2cc(F)c3c(N)ncnn23)O[C@@](CO)(N=[N+]=[N-])[C@H]1C. The third kappa shape index (κ3) is 7.66. The van der Waals surface area contributed by atoms with Gasteiger partial charge in [-0.2, -0.15) is 15.3 Å². The Labute approximate surface area is 353 Å². The van der Waals surface area contributed by atoms with Gasteiger partial charge in [0.15, 0.2) is 40.6 Å².